The van der Waals surface area contributed by atoms with Crippen LogP contribution in [0.25, 0.3) is 0 Å². The van der Waals surface area contributed by atoms with Crippen LogP contribution in [0.1, 0.15) is 71.6 Å². The molecule has 3 aliphatic carbocycles. The summed E-state index contributed by atoms with van der Waals surface area (Å²) in [4.78, 5) is 50.4. The molecular weight excluding hydrogens is 484 g/mol. The molecule has 0 amide bonds. The van der Waals surface area contributed by atoms with E-state index in [1.165, 1.54) is 34.1 Å². The molecule has 3 aliphatic rings. The van der Waals surface area contributed by atoms with Crippen LogP contribution in [0.3, 0.4) is 0 Å². The second-order valence-electron chi connectivity index (χ2n) is 11.4. The lowest BCUT2D eigenvalue weighted by Crippen LogP contribution is -2.80. The molecule has 4 rings (SSSR count). The predicted molar refractivity (Wildman–Crippen MR) is 127 cm³/mol. The van der Waals surface area contributed by atoms with E-state index in [4.69, 9.17) is 23.4 Å². The van der Waals surface area contributed by atoms with E-state index in [0.29, 0.717) is 24.2 Å². The highest BCUT2D eigenvalue weighted by Crippen LogP contribution is 2.68. The van der Waals surface area contributed by atoms with Crippen molar-refractivity contribution in [2.24, 2.45) is 22.7 Å². The van der Waals surface area contributed by atoms with E-state index in [1.54, 1.807) is 6.07 Å². The number of carbonyl (C=O) groups excluding carboxylic acids is 4. The summed E-state index contributed by atoms with van der Waals surface area (Å²) in [6.45, 7) is 9.26. The third-order valence-electron chi connectivity index (χ3n) is 9.14. The molecule has 0 aromatic carbocycles. The van der Waals surface area contributed by atoms with E-state index in [1.807, 2.05) is 20.8 Å². The zero-order valence-electron chi connectivity index (χ0n) is 22.4. The summed E-state index contributed by atoms with van der Waals surface area (Å²) in [5, 5.41) is 12.9. The summed E-state index contributed by atoms with van der Waals surface area (Å²) < 4.78 is 28.5. The molecule has 37 heavy (non-hydrogen) atoms. The molecule has 0 aliphatic heterocycles. The molecule has 0 unspecified atom stereocenters. The maximum atomic E-state index is 13.3. The third-order valence-corrected chi connectivity index (χ3v) is 9.14. The molecule has 0 spiro atoms. The summed E-state index contributed by atoms with van der Waals surface area (Å²) in [5.74, 6) is -4.19. The minimum absolute atomic E-state index is 0.276. The largest absolute Gasteiger partial charge is 0.469 e. The van der Waals surface area contributed by atoms with Crippen molar-refractivity contribution in [2.75, 3.05) is 7.11 Å². The first-order valence-corrected chi connectivity index (χ1v) is 12.6. The highest BCUT2D eigenvalue weighted by Gasteiger charge is 2.78. The van der Waals surface area contributed by atoms with Crippen molar-refractivity contribution in [3.63, 3.8) is 0 Å². The fraction of sp³-hybridized carbons (Fsp3) is 0.704. The number of aliphatic hydroxyl groups is 1. The number of hydrogen-bond donors (Lipinski definition) is 1. The van der Waals surface area contributed by atoms with E-state index in [-0.39, 0.29) is 6.42 Å². The lowest BCUT2D eigenvalue weighted by molar-refractivity contribution is -0.339. The molecule has 0 bridgehead atoms. The Balaban J connectivity index is 2.06. The Morgan fingerprint density at radius 3 is 2.19 bits per heavy atom. The van der Waals surface area contributed by atoms with Crippen molar-refractivity contribution < 1.29 is 47.6 Å². The first-order chi connectivity index (χ1) is 17.2. The Morgan fingerprint density at radius 2 is 1.62 bits per heavy atom. The van der Waals surface area contributed by atoms with Gasteiger partial charge >= 0.3 is 23.9 Å². The van der Waals surface area contributed by atoms with Gasteiger partial charge in [0.25, 0.3) is 0 Å². The number of methoxy groups -OCH3 is 1. The van der Waals surface area contributed by atoms with Gasteiger partial charge in [-0.25, -0.2) is 0 Å². The zero-order valence-corrected chi connectivity index (χ0v) is 22.4. The second-order valence-corrected chi connectivity index (χ2v) is 11.4. The fourth-order valence-electron chi connectivity index (χ4n) is 7.66. The van der Waals surface area contributed by atoms with Crippen LogP contribution in [0.5, 0.6) is 0 Å². The van der Waals surface area contributed by atoms with Gasteiger partial charge in [0.15, 0.2) is 6.10 Å². The topological polar surface area (TPSA) is 139 Å². The van der Waals surface area contributed by atoms with Gasteiger partial charge in [0.2, 0.25) is 0 Å². The predicted octanol–water partition coefficient (Wildman–Crippen LogP) is 2.69. The van der Waals surface area contributed by atoms with E-state index in [9.17, 15) is 24.3 Å². The van der Waals surface area contributed by atoms with Gasteiger partial charge in [-0.05, 0) is 30.2 Å². The average molecular weight is 521 g/mol. The number of ether oxygens (including phenoxy) is 4. The van der Waals surface area contributed by atoms with E-state index in [0.717, 1.165) is 0 Å². The van der Waals surface area contributed by atoms with Crippen LogP contribution in [0.2, 0.25) is 0 Å². The quantitative estimate of drug-likeness (QED) is 0.466. The van der Waals surface area contributed by atoms with Gasteiger partial charge in [-0.1, -0.05) is 20.8 Å². The number of rotatable bonds is 4. The molecule has 10 heteroatoms. The molecule has 2 saturated carbocycles. The Labute approximate surface area is 215 Å². The van der Waals surface area contributed by atoms with Crippen LogP contribution in [0, 0.1) is 22.7 Å². The van der Waals surface area contributed by atoms with Crippen LogP contribution in [-0.2, 0) is 44.5 Å². The molecule has 1 aromatic rings. The Morgan fingerprint density at radius 1 is 1.00 bits per heavy atom. The standard InChI is InChI=1S/C27H36O10/c1-13(28)35-19-8-10-25(4,5)27(32)23(37-15(3)30)22(36-14(2)29)21-17(26(19,27)6)12-18-16(9-11-34-18)20(21)24(31)33-7/h9,11,17,19-23,32H,8,10,12H2,1-7H3/t17-,19-,20+,21+,22+,23-,26-,27+/m0/s1. The average Bonchev–Trinajstić information content (AvgIpc) is 3.27. The normalized spacial score (nSPS) is 37.7. The van der Waals surface area contributed by atoms with Gasteiger partial charge in [0.05, 0.1) is 19.3 Å². The van der Waals surface area contributed by atoms with Gasteiger partial charge in [-0.3, -0.25) is 19.2 Å². The van der Waals surface area contributed by atoms with Crippen molar-refractivity contribution in [1.82, 2.24) is 0 Å². The Kier molecular flexibility index (Phi) is 6.72. The molecule has 1 aromatic heterocycles. The molecule has 8 atom stereocenters. The first kappa shape index (κ1) is 27.2. The van der Waals surface area contributed by atoms with E-state index in [2.05, 4.69) is 0 Å². The van der Waals surface area contributed by atoms with Crippen molar-refractivity contribution in [2.45, 2.75) is 90.6 Å². The van der Waals surface area contributed by atoms with Crippen LogP contribution >= 0.6 is 0 Å². The monoisotopic (exact) mass is 520 g/mol. The summed E-state index contributed by atoms with van der Waals surface area (Å²) >= 11 is 0. The fourth-order valence-corrected chi connectivity index (χ4v) is 7.66. The third kappa shape index (κ3) is 3.86. The Bertz CT molecular complexity index is 1100. The molecule has 0 saturated heterocycles. The second kappa shape index (κ2) is 9.15. The molecule has 10 nitrogen and oxygen atoms in total. The number of fused-ring (bicyclic) bond motifs is 4. The molecular formula is C27H36O10. The number of hydrogen-bond acceptors (Lipinski definition) is 10. The summed E-state index contributed by atoms with van der Waals surface area (Å²) in [6.07, 6.45) is -0.690. The first-order valence-electron chi connectivity index (χ1n) is 12.6. The number of esters is 4. The van der Waals surface area contributed by atoms with Crippen molar-refractivity contribution >= 4 is 23.9 Å². The smallest absolute Gasteiger partial charge is 0.313 e. The van der Waals surface area contributed by atoms with Crippen molar-refractivity contribution in [3.8, 4) is 0 Å². The molecule has 204 valence electrons. The summed E-state index contributed by atoms with van der Waals surface area (Å²) in [6, 6.07) is 1.68. The van der Waals surface area contributed by atoms with Crippen LogP contribution in [0.4, 0.5) is 0 Å². The van der Waals surface area contributed by atoms with Gasteiger partial charge in [0.1, 0.15) is 23.6 Å². The van der Waals surface area contributed by atoms with E-state index >= 15 is 0 Å². The van der Waals surface area contributed by atoms with Gasteiger partial charge < -0.3 is 28.5 Å². The van der Waals surface area contributed by atoms with Gasteiger partial charge in [-0.2, -0.15) is 0 Å². The highest BCUT2D eigenvalue weighted by molar-refractivity contribution is 5.80. The number of furan rings is 1. The van der Waals surface area contributed by atoms with Crippen LogP contribution in [0.15, 0.2) is 16.7 Å². The van der Waals surface area contributed by atoms with Crippen LogP contribution in [-0.4, -0.2) is 60.0 Å². The summed E-state index contributed by atoms with van der Waals surface area (Å²) in [5.41, 5.74) is -3.35. The maximum Gasteiger partial charge on any atom is 0.313 e. The SMILES string of the molecule is COC(=O)[C@@H]1c2ccoc2C[C@H]2[C@H]1[C@@H](OC(C)=O)[C@H](OC(C)=O)[C@@]1(O)C(C)(C)CC[C@H](OC(C)=O)[C@]21C. The lowest BCUT2D eigenvalue weighted by Gasteiger charge is -2.69. The van der Waals surface area contributed by atoms with E-state index < -0.39 is 76.4 Å². The number of carbonyl (C=O) groups is 4. The van der Waals surface area contributed by atoms with Crippen LogP contribution < -0.4 is 0 Å². The molecule has 0 radical (unpaired) electrons. The summed E-state index contributed by atoms with van der Waals surface area (Å²) in [7, 11) is 1.27. The maximum absolute atomic E-state index is 13.3. The molecule has 1 N–H and O–H groups in total. The highest BCUT2D eigenvalue weighted by atomic mass is 16.6. The molecule has 1 heterocycles. The minimum Gasteiger partial charge on any atom is -0.469 e. The zero-order chi connectivity index (χ0) is 27.5. The minimum atomic E-state index is -1.82. The van der Waals surface area contributed by atoms with Gasteiger partial charge in [-0.15, -0.1) is 0 Å². The van der Waals surface area contributed by atoms with Gasteiger partial charge in [0, 0.05) is 44.1 Å². The Hall–Kier alpha value is -2.88. The lowest BCUT2D eigenvalue weighted by atomic mass is 9.39. The van der Waals surface area contributed by atoms with Crippen molar-refractivity contribution in [3.05, 3.63) is 23.7 Å². The molecule has 2 fully saturated rings. The van der Waals surface area contributed by atoms with Crippen molar-refractivity contribution in [1.29, 1.82) is 0 Å².